The molecular weight excluding hydrogens is 376 g/mol. The zero-order valence-electron chi connectivity index (χ0n) is 16.5. The number of anilines is 1. The number of nitrogens with one attached hydrogen (secondary N) is 1. The third-order valence-electron chi connectivity index (χ3n) is 5.90. The number of carbonyl (C=O) groups is 2. The van der Waals surface area contributed by atoms with E-state index in [0.717, 1.165) is 11.1 Å². The Labute approximate surface area is 168 Å². The lowest BCUT2D eigenvalue weighted by molar-refractivity contribution is -0.122. The molecule has 2 heterocycles. The molecule has 4 rings (SSSR count). The Morgan fingerprint density at radius 3 is 2.79 bits per heavy atom. The highest BCUT2D eigenvalue weighted by molar-refractivity contribution is 5.96. The summed E-state index contributed by atoms with van der Waals surface area (Å²) < 4.78 is 29.7. The molecule has 1 aromatic carbocycles. The van der Waals surface area contributed by atoms with Gasteiger partial charge in [-0.1, -0.05) is 6.92 Å². The van der Waals surface area contributed by atoms with Crippen molar-refractivity contribution in [2.75, 3.05) is 11.9 Å². The molecule has 7 heteroatoms. The van der Waals surface area contributed by atoms with Crippen LogP contribution in [0.1, 0.15) is 48.9 Å². The Morgan fingerprint density at radius 2 is 2.03 bits per heavy atom. The summed E-state index contributed by atoms with van der Waals surface area (Å²) in [6.07, 6.45) is 3.85. The van der Waals surface area contributed by atoms with E-state index in [9.17, 15) is 14.0 Å². The molecule has 1 unspecified atom stereocenters. The molecule has 1 aliphatic heterocycles. The van der Waals surface area contributed by atoms with Crippen molar-refractivity contribution in [3.63, 3.8) is 0 Å². The highest BCUT2D eigenvalue weighted by Crippen LogP contribution is 2.40. The zero-order chi connectivity index (χ0) is 20.7. The van der Waals surface area contributed by atoms with Gasteiger partial charge in [-0.05, 0) is 48.1 Å². The molecule has 1 aromatic heterocycles. The fraction of sp³-hybridized carbons (Fsp3) is 0.409. The maximum Gasteiger partial charge on any atom is 0.227 e. The van der Waals surface area contributed by atoms with Crippen molar-refractivity contribution < 1.29 is 18.4 Å². The van der Waals surface area contributed by atoms with Crippen LogP contribution < -0.4 is 10.2 Å². The van der Waals surface area contributed by atoms with Crippen molar-refractivity contribution in [1.82, 2.24) is 10.3 Å². The van der Waals surface area contributed by atoms with Gasteiger partial charge in [0.15, 0.2) is 0 Å². The molecule has 0 fully saturated rings. The number of aromatic nitrogens is 1. The number of rotatable bonds is 3. The summed E-state index contributed by atoms with van der Waals surface area (Å²) >= 11 is 0. The molecule has 5 nitrogen and oxygen atoms in total. The fourth-order valence-corrected chi connectivity index (χ4v) is 4.24. The van der Waals surface area contributed by atoms with Gasteiger partial charge in [-0.25, -0.2) is 8.78 Å². The first kappa shape index (κ1) is 19.5. The molecule has 0 spiro atoms. The second-order valence-electron chi connectivity index (χ2n) is 7.62. The van der Waals surface area contributed by atoms with Crippen LogP contribution in [0.15, 0.2) is 24.5 Å². The lowest BCUT2D eigenvalue weighted by Crippen LogP contribution is -2.37. The lowest BCUT2D eigenvalue weighted by atomic mass is 9.83. The van der Waals surface area contributed by atoms with Crippen molar-refractivity contribution in [3.05, 3.63) is 47.0 Å². The summed E-state index contributed by atoms with van der Waals surface area (Å²) in [5.41, 5.74) is 3.91. The standard InChI is InChI=1S/C22H23F2N3O2/c1-3-20(28)26-22-16-11-25-10-15(13(16)5-6-17(22)23)14-8-12-4-7-21(29)27(2)19(12)9-18(14)24/h8-11,17,22H,3-7H2,1-2H3,(H,26,28)/t17-,22?/m1/s1. The number of halogens is 2. The van der Waals surface area contributed by atoms with Gasteiger partial charge in [0.1, 0.15) is 12.0 Å². The van der Waals surface area contributed by atoms with E-state index >= 15 is 4.39 Å². The Hall–Kier alpha value is -2.83. The highest BCUT2D eigenvalue weighted by Gasteiger charge is 2.33. The summed E-state index contributed by atoms with van der Waals surface area (Å²) in [6.45, 7) is 1.71. The Morgan fingerprint density at radius 1 is 1.24 bits per heavy atom. The maximum absolute atomic E-state index is 15.1. The molecule has 2 aliphatic rings. The van der Waals surface area contributed by atoms with Crippen molar-refractivity contribution in [2.45, 2.75) is 51.2 Å². The van der Waals surface area contributed by atoms with E-state index in [1.165, 1.54) is 11.0 Å². The maximum atomic E-state index is 15.1. The number of carbonyl (C=O) groups excluding carboxylic acids is 2. The lowest BCUT2D eigenvalue weighted by Gasteiger charge is -2.31. The number of benzene rings is 1. The van der Waals surface area contributed by atoms with Crippen LogP contribution in [0.25, 0.3) is 11.1 Å². The van der Waals surface area contributed by atoms with Crippen LogP contribution in [0.3, 0.4) is 0 Å². The summed E-state index contributed by atoms with van der Waals surface area (Å²) in [5.74, 6) is -0.715. The van der Waals surface area contributed by atoms with Gasteiger partial charge < -0.3 is 10.2 Å². The molecule has 29 heavy (non-hydrogen) atoms. The minimum Gasteiger partial charge on any atom is -0.346 e. The summed E-state index contributed by atoms with van der Waals surface area (Å²) in [5, 5.41) is 2.74. The Balaban J connectivity index is 1.80. The monoisotopic (exact) mass is 399 g/mol. The molecule has 2 amide bonds. The second-order valence-corrected chi connectivity index (χ2v) is 7.62. The average molecular weight is 399 g/mol. The fourth-order valence-electron chi connectivity index (χ4n) is 4.24. The van der Waals surface area contributed by atoms with Crippen LogP contribution in [-0.2, 0) is 22.4 Å². The molecule has 0 saturated heterocycles. The summed E-state index contributed by atoms with van der Waals surface area (Å²) in [7, 11) is 1.65. The number of aryl methyl sites for hydroxylation is 1. The normalized spacial score (nSPS) is 20.8. The third-order valence-corrected chi connectivity index (χ3v) is 5.90. The highest BCUT2D eigenvalue weighted by atomic mass is 19.1. The van der Waals surface area contributed by atoms with E-state index in [4.69, 9.17) is 0 Å². The van der Waals surface area contributed by atoms with Crippen molar-refractivity contribution in [1.29, 1.82) is 0 Å². The van der Waals surface area contributed by atoms with E-state index in [-0.39, 0.29) is 24.7 Å². The molecule has 1 N–H and O–H groups in total. The van der Waals surface area contributed by atoms with Gasteiger partial charge in [-0.3, -0.25) is 14.6 Å². The first-order valence-corrected chi connectivity index (χ1v) is 9.90. The SMILES string of the molecule is CCC(=O)NC1c2cncc(-c3cc4c(cc3F)N(C)C(=O)CC4)c2CC[C@H]1F. The van der Waals surface area contributed by atoms with E-state index < -0.39 is 18.0 Å². The second kappa shape index (κ2) is 7.54. The van der Waals surface area contributed by atoms with Crippen molar-refractivity contribution >= 4 is 17.5 Å². The molecule has 2 atom stereocenters. The number of nitrogens with zero attached hydrogens (tertiary/aromatic N) is 2. The van der Waals surface area contributed by atoms with Gasteiger partial charge in [-0.2, -0.15) is 0 Å². The van der Waals surface area contributed by atoms with Crippen LogP contribution in [-0.4, -0.2) is 30.0 Å². The molecule has 1 aliphatic carbocycles. The molecular formula is C22H23F2N3O2. The number of amides is 2. The van der Waals surface area contributed by atoms with Gasteiger partial charge >= 0.3 is 0 Å². The van der Waals surface area contributed by atoms with Gasteiger partial charge in [0.25, 0.3) is 0 Å². The van der Waals surface area contributed by atoms with Gasteiger partial charge in [0, 0.05) is 49.1 Å². The molecule has 152 valence electrons. The number of fused-ring (bicyclic) bond motifs is 2. The minimum atomic E-state index is -1.21. The average Bonchev–Trinajstić information content (AvgIpc) is 2.72. The zero-order valence-corrected chi connectivity index (χ0v) is 16.5. The molecule has 0 radical (unpaired) electrons. The van der Waals surface area contributed by atoms with Crippen LogP contribution in [0.2, 0.25) is 0 Å². The van der Waals surface area contributed by atoms with Crippen molar-refractivity contribution in [2.24, 2.45) is 0 Å². The summed E-state index contributed by atoms with van der Waals surface area (Å²) in [6, 6.07) is 2.38. The topological polar surface area (TPSA) is 62.3 Å². The third kappa shape index (κ3) is 3.39. The van der Waals surface area contributed by atoms with Crippen molar-refractivity contribution in [3.8, 4) is 11.1 Å². The quantitative estimate of drug-likeness (QED) is 0.857. The van der Waals surface area contributed by atoms with Crippen LogP contribution >= 0.6 is 0 Å². The van der Waals surface area contributed by atoms with Gasteiger partial charge in [-0.15, -0.1) is 0 Å². The van der Waals surface area contributed by atoms with E-state index in [1.54, 1.807) is 32.4 Å². The van der Waals surface area contributed by atoms with E-state index in [1.807, 2.05) is 0 Å². The smallest absolute Gasteiger partial charge is 0.227 e. The number of alkyl halides is 1. The predicted molar refractivity (Wildman–Crippen MR) is 106 cm³/mol. The number of pyridine rings is 1. The van der Waals surface area contributed by atoms with Gasteiger partial charge in [0.2, 0.25) is 11.8 Å². The van der Waals surface area contributed by atoms with Gasteiger partial charge in [0.05, 0.1) is 6.04 Å². The van der Waals surface area contributed by atoms with E-state index in [2.05, 4.69) is 10.3 Å². The summed E-state index contributed by atoms with van der Waals surface area (Å²) in [4.78, 5) is 29.5. The van der Waals surface area contributed by atoms with Crippen LogP contribution in [0.5, 0.6) is 0 Å². The first-order valence-electron chi connectivity index (χ1n) is 9.90. The Kier molecular flexibility index (Phi) is 5.06. The molecule has 0 bridgehead atoms. The number of hydrogen-bond donors (Lipinski definition) is 1. The van der Waals surface area contributed by atoms with Crippen LogP contribution in [0, 0.1) is 5.82 Å². The first-order chi connectivity index (χ1) is 13.9. The van der Waals surface area contributed by atoms with Crippen LogP contribution in [0.4, 0.5) is 14.5 Å². The largest absolute Gasteiger partial charge is 0.346 e. The number of hydrogen-bond acceptors (Lipinski definition) is 3. The van der Waals surface area contributed by atoms with E-state index in [0.29, 0.717) is 41.6 Å². The Bertz CT molecular complexity index is 992. The molecule has 2 aromatic rings. The predicted octanol–water partition coefficient (Wildman–Crippen LogP) is 3.65. The minimum absolute atomic E-state index is 0.0353. The molecule has 0 saturated carbocycles.